The maximum atomic E-state index is 5.73. The van der Waals surface area contributed by atoms with Crippen LogP contribution in [0.1, 0.15) is 5.69 Å². The second-order valence-electron chi connectivity index (χ2n) is 3.57. The number of nitrogens with one attached hydrogen (secondary N) is 1. The maximum Gasteiger partial charge on any atom is 0.322 e. The molecule has 2 heterocycles. The van der Waals surface area contributed by atoms with Crippen LogP contribution in [-0.4, -0.2) is 38.4 Å². The lowest BCUT2D eigenvalue weighted by Gasteiger charge is -2.04. The van der Waals surface area contributed by atoms with E-state index in [4.69, 9.17) is 16.3 Å². The van der Waals surface area contributed by atoms with Gasteiger partial charge in [0, 0.05) is 26.2 Å². The number of aryl methyl sites for hydroxylation is 1. The van der Waals surface area contributed by atoms with Crippen LogP contribution in [0.3, 0.4) is 0 Å². The molecule has 0 atom stereocenters. The van der Waals surface area contributed by atoms with Crippen molar-refractivity contribution in [3.05, 3.63) is 23.2 Å². The largest absolute Gasteiger partial charge is 0.467 e. The van der Waals surface area contributed by atoms with Crippen LogP contribution in [0.15, 0.2) is 12.3 Å². The van der Waals surface area contributed by atoms with Crippen molar-refractivity contribution >= 4 is 17.5 Å². The lowest BCUT2D eigenvalue weighted by atomic mass is 10.3. The molecule has 0 aliphatic rings. The van der Waals surface area contributed by atoms with Gasteiger partial charge in [-0.1, -0.05) is 0 Å². The van der Waals surface area contributed by atoms with Gasteiger partial charge in [0.2, 0.25) is 11.2 Å². The lowest BCUT2D eigenvalue weighted by Crippen LogP contribution is -2.10. The highest BCUT2D eigenvalue weighted by Crippen LogP contribution is 2.10. The molecule has 2 rings (SSSR count). The van der Waals surface area contributed by atoms with Crippen LogP contribution in [0.2, 0.25) is 5.28 Å². The van der Waals surface area contributed by atoms with Crippen molar-refractivity contribution in [3.63, 3.8) is 0 Å². The fraction of sp³-hybridized carbons (Fsp3) is 0.400. The molecule has 0 fully saturated rings. The van der Waals surface area contributed by atoms with Gasteiger partial charge >= 0.3 is 6.01 Å². The Morgan fingerprint density at radius 3 is 2.89 bits per heavy atom. The molecular formula is C10H13ClN6O. The summed E-state index contributed by atoms with van der Waals surface area (Å²) in [7, 11) is 3.36. The molecule has 0 aliphatic heterocycles. The number of rotatable bonds is 5. The number of hydrogen-bond acceptors (Lipinski definition) is 6. The first-order chi connectivity index (χ1) is 8.67. The SMILES string of the molecule is COc1nc(Cl)nc(NCCc2ccn(C)n2)n1. The summed E-state index contributed by atoms with van der Waals surface area (Å²) < 4.78 is 6.66. The number of methoxy groups -OCH3 is 1. The van der Waals surface area contributed by atoms with Crippen LogP contribution in [0.4, 0.5) is 5.95 Å². The second-order valence-corrected chi connectivity index (χ2v) is 3.91. The topological polar surface area (TPSA) is 77.8 Å². The van der Waals surface area contributed by atoms with Crippen LogP contribution in [0, 0.1) is 0 Å². The van der Waals surface area contributed by atoms with E-state index in [9.17, 15) is 0 Å². The summed E-state index contributed by atoms with van der Waals surface area (Å²) >= 11 is 5.73. The fourth-order valence-corrected chi connectivity index (χ4v) is 1.55. The molecule has 0 aliphatic carbocycles. The quantitative estimate of drug-likeness (QED) is 0.869. The number of hydrogen-bond donors (Lipinski definition) is 1. The van der Waals surface area contributed by atoms with Crippen molar-refractivity contribution in [2.45, 2.75) is 6.42 Å². The highest BCUT2D eigenvalue weighted by molar-refractivity contribution is 6.28. The monoisotopic (exact) mass is 268 g/mol. The van der Waals surface area contributed by atoms with Gasteiger partial charge in [-0.15, -0.1) is 0 Å². The highest BCUT2D eigenvalue weighted by atomic mass is 35.5. The summed E-state index contributed by atoms with van der Waals surface area (Å²) in [5.74, 6) is 0.391. The van der Waals surface area contributed by atoms with E-state index in [2.05, 4.69) is 25.4 Å². The van der Waals surface area contributed by atoms with Gasteiger partial charge in [0.1, 0.15) is 0 Å². The molecule has 2 aromatic heterocycles. The van der Waals surface area contributed by atoms with Crippen LogP contribution in [0.25, 0.3) is 0 Å². The van der Waals surface area contributed by atoms with Gasteiger partial charge in [-0.2, -0.15) is 20.1 Å². The molecule has 0 spiro atoms. The Labute approximate surface area is 109 Å². The van der Waals surface area contributed by atoms with Crippen LogP contribution in [-0.2, 0) is 13.5 Å². The zero-order valence-electron chi connectivity index (χ0n) is 10.1. The van der Waals surface area contributed by atoms with Crippen molar-refractivity contribution in [1.29, 1.82) is 0 Å². The Morgan fingerprint density at radius 2 is 2.22 bits per heavy atom. The number of nitrogens with zero attached hydrogens (tertiary/aromatic N) is 5. The molecule has 1 N–H and O–H groups in total. The van der Waals surface area contributed by atoms with Gasteiger partial charge in [0.25, 0.3) is 0 Å². The number of aromatic nitrogens is 5. The molecule has 0 aromatic carbocycles. The Morgan fingerprint density at radius 1 is 1.39 bits per heavy atom. The third-order valence-corrected chi connectivity index (χ3v) is 2.37. The van der Waals surface area contributed by atoms with E-state index in [-0.39, 0.29) is 11.3 Å². The smallest absolute Gasteiger partial charge is 0.322 e. The van der Waals surface area contributed by atoms with Crippen molar-refractivity contribution in [2.24, 2.45) is 7.05 Å². The molecule has 0 saturated carbocycles. The third kappa shape index (κ3) is 3.30. The Hall–Kier alpha value is -1.89. The first kappa shape index (κ1) is 12.6. The summed E-state index contributed by atoms with van der Waals surface area (Å²) in [5, 5.41) is 7.41. The van der Waals surface area contributed by atoms with Gasteiger partial charge < -0.3 is 10.1 Å². The highest BCUT2D eigenvalue weighted by Gasteiger charge is 2.04. The molecule has 96 valence electrons. The molecule has 7 nitrogen and oxygen atoms in total. The van der Waals surface area contributed by atoms with E-state index < -0.39 is 0 Å². The predicted octanol–water partition coefficient (Wildman–Crippen LogP) is 0.922. The molecule has 0 radical (unpaired) electrons. The molecule has 0 saturated heterocycles. The van der Waals surface area contributed by atoms with E-state index in [0.717, 1.165) is 12.1 Å². The van der Waals surface area contributed by atoms with E-state index in [1.807, 2.05) is 19.3 Å². The fourth-order valence-electron chi connectivity index (χ4n) is 1.40. The first-order valence-corrected chi connectivity index (χ1v) is 5.73. The molecule has 0 unspecified atom stereocenters. The first-order valence-electron chi connectivity index (χ1n) is 5.35. The average molecular weight is 269 g/mol. The van der Waals surface area contributed by atoms with Gasteiger partial charge in [-0.05, 0) is 17.7 Å². The Kier molecular flexibility index (Phi) is 3.93. The van der Waals surface area contributed by atoms with Crippen molar-refractivity contribution < 1.29 is 4.74 Å². The summed E-state index contributed by atoms with van der Waals surface area (Å²) in [4.78, 5) is 11.8. The van der Waals surface area contributed by atoms with Gasteiger partial charge in [-0.3, -0.25) is 4.68 Å². The van der Waals surface area contributed by atoms with Gasteiger partial charge in [-0.25, -0.2) is 0 Å². The van der Waals surface area contributed by atoms with Crippen molar-refractivity contribution in [2.75, 3.05) is 19.0 Å². The average Bonchev–Trinajstić information content (AvgIpc) is 2.74. The van der Waals surface area contributed by atoms with E-state index in [0.29, 0.717) is 12.5 Å². The zero-order valence-corrected chi connectivity index (χ0v) is 10.8. The van der Waals surface area contributed by atoms with Crippen LogP contribution in [0.5, 0.6) is 6.01 Å². The van der Waals surface area contributed by atoms with E-state index in [1.165, 1.54) is 7.11 Å². The molecular weight excluding hydrogens is 256 g/mol. The summed E-state index contributed by atoms with van der Waals surface area (Å²) in [5.41, 5.74) is 0.997. The second kappa shape index (κ2) is 5.63. The van der Waals surface area contributed by atoms with Crippen LogP contribution >= 0.6 is 11.6 Å². The van der Waals surface area contributed by atoms with Crippen molar-refractivity contribution in [3.8, 4) is 6.01 Å². The summed E-state index contributed by atoms with van der Waals surface area (Å²) in [6, 6.07) is 2.15. The molecule has 18 heavy (non-hydrogen) atoms. The predicted molar refractivity (Wildman–Crippen MR) is 66.8 cm³/mol. The standard InChI is InChI=1S/C10H13ClN6O/c1-17-6-4-7(16-17)3-5-12-9-13-8(11)14-10(15-9)18-2/h4,6H,3,5H2,1-2H3,(H,12,13,14,15). The maximum absolute atomic E-state index is 5.73. The lowest BCUT2D eigenvalue weighted by molar-refractivity contribution is 0.379. The summed E-state index contributed by atoms with van der Waals surface area (Å²) in [6.45, 7) is 0.653. The molecule has 0 bridgehead atoms. The van der Waals surface area contributed by atoms with Crippen molar-refractivity contribution in [1.82, 2.24) is 24.7 Å². The van der Waals surface area contributed by atoms with E-state index >= 15 is 0 Å². The van der Waals surface area contributed by atoms with Gasteiger partial charge in [0.05, 0.1) is 12.8 Å². The summed E-state index contributed by atoms with van der Waals surface area (Å²) in [6.07, 6.45) is 2.67. The number of ether oxygens (including phenoxy) is 1. The van der Waals surface area contributed by atoms with Gasteiger partial charge in [0.15, 0.2) is 0 Å². The third-order valence-electron chi connectivity index (χ3n) is 2.20. The normalized spacial score (nSPS) is 10.4. The molecule has 2 aromatic rings. The Bertz CT molecular complexity index is 529. The van der Waals surface area contributed by atoms with E-state index in [1.54, 1.807) is 4.68 Å². The molecule has 0 amide bonds. The minimum atomic E-state index is 0.0992. The minimum Gasteiger partial charge on any atom is -0.467 e. The minimum absolute atomic E-state index is 0.0992. The molecule has 8 heteroatoms. The zero-order chi connectivity index (χ0) is 13.0. The Balaban J connectivity index is 1.91. The van der Waals surface area contributed by atoms with Crippen LogP contribution < -0.4 is 10.1 Å². The number of halogens is 1. The number of anilines is 1.